The topological polar surface area (TPSA) is 88.1 Å². The van der Waals surface area contributed by atoms with Crippen LogP contribution in [0.15, 0.2) is 53.4 Å². The highest BCUT2D eigenvalue weighted by atomic mass is 16.5. The van der Waals surface area contributed by atoms with Gasteiger partial charge < -0.3 is 14.0 Å². The zero-order valence-corrected chi connectivity index (χ0v) is 15.1. The van der Waals surface area contributed by atoms with Gasteiger partial charge in [-0.1, -0.05) is 11.2 Å². The Hall–Kier alpha value is -3.68. The van der Waals surface area contributed by atoms with Gasteiger partial charge in [0.1, 0.15) is 0 Å². The lowest BCUT2D eigenvalue weighted by atomic mass is 10.1. The molecule has 0 bridgehead atoms. The molecule has 0 amide bonds. The quantitative estimate of drug-likeness (QED) is 0.538. The summed E-state index contributed by atoms with van der Waals surface area (Å²) in [5.41, 5.74) is 3.17. The molecule has 0 N–H and O–H groups in total. The first-order valence-corrected chi connectivity index (χ1v) is 8.20. The number of para-hydroxylation sites is 1. The lowest BCUT2D eigenvalue weighted by Gasteiger charge is -2.09. The standard InChI is InChI=1S/C19H17N5O3/c1-24-11-13(10-21-24)15-8-7-12(9-20-15)19-22-18(23-27-19)14-5-4-6-16(25-2)17(14)26-3/h4-11H,1-3H3. The van der Waals surface area contributed by atoms with Gasteiger partial charge in [0.15, 0.2) is 11.5 Å². The van der Waals surface area contributed by atoms with Gasteiger partial charge in [-0.2, -0.15) is 10.1 Å². The summed E-state index contributed by atoms with van der Waals surface area (Å²) in [6, 6.07) is 9.28. The normalized spacial score (nSPS) is 10.8. The van der Waals surface area contributed by atoms with Crippen LogP contribution in [0.2, 0.25) is 0 Å². The van der Waals surface area contributed by atoms with E-state index in [0.29, 0.717) is 28.8 Å². The molecule has 0 atom stereocenters. The van der Waals surface area contributed by atoms with Crippen molar-refractivity contribution in [3.8, 4) is 45.6 Å². The Morgan fingerprint density at radius 3 is 2.56 bits per heavy atom. The van der Waals surface area contributed by atoms with Crippen molar-refractivity contribution in [2.75, 3.05) is 14.2 Å². The molecule has 0 spiro atoms. The largest absolute Gasteiger partial charge is 0.493 e. The number of methoxy groups -OCH3 is 2. The number of nitrogens with zero attached hydrogens (tertiary/aromatic N) is 5. The summed E-state index contributed by atoms with van der Waals surface area (Å²) < 4.78 is 17.9. The van der Waals surface area contributed by atoms with E-state index in [9.17, 15) is 0 Å². The second kappa shape index (κ2) is 6.91. The van der Waals surface area contributed by atoms with Crippen molar-refractivity contribution in [3.63, 3.8) is 0 Å². The van der Waals surface area contributed by atoms with Crippen molar-refractivity contribution in [3.05, 3.63) is 48.9 Å². The Bertz CT molecular complexity index is 1070. The second-order valence-corrected chi connectivity index (χ2v) is 5.80. The van der Waals surface area contributed by atoms with Gasteiger partial charge in [-0.25, -0.2) is 0 Å². The molecule has 0 aliphatic heterocycles. The zero-order valence-electron chi connectivity index (χ0n) is 15.1. The van der Waals surface area contributed by atoms with Crippen LogP contribution in [-0.2, 0) is 7.05 Å². The van der Waals surface area contributed by atoms with Crippen LogP contribution >= 0.6 is 0 Å². The van der Waals surface area contributed by atoms with Gasteiger partial charge in [-0.15, -0.1) is 0 Å². The van der Waals surface area contributed by atoms with Crippen molar-refractivity contribution in [1.29, 1.82) is 0 Å². The highest BCUT2D eigenvalue weighted by Crippen LogP contribution is 2.37. The van der Waals surface area contributed by atoms with E-state index in [4.69, 9.17) is 14.0 Å². The molecule has 0 fully saturated rings. The van der Waals surface area contributed by atoms with E-state index in [2.05, 4.69) is 20.2 Å². The molecule has 4 rings (SSSR count). The maximum Gasteiger partial charge on any atom is 0.259 e. The summed E-state index contributed by atoms with van der Waals surface area (Å²) in [4.78, 5) is 8.93. The van der Waals surface area contributed by atoms with Gasteiger partial charge in [0, 0.05) is 25.0 Å². The van der Waals surface area contributed by atoms with Gasteiger partial charge in [0.05, 0.1) is 37.2 Å². The van der Waals surface area contributed by atoms with Crippen LogP contribution in [-0.4, -0.2) is 39.1 Å². The van der Waals surface area contributed by atoms with Crippen LogP contribution in [0.3, 0.4) is 0 Å². The summed E-state index contributed by atoms with van der Waals surface area (Å²) in [6.07, 6.45) is 5.37. The number of benzene rings is 1. The van der Waals surface area contributed by atoms with E-state index < -0.39 is 0 Å². The summed E-state index contributed by atoms with van der Waals surface area (Å²) >= 11 is 0. The first-order valence-electron chi connectivity index (χ1n) is 8.20. The SMILES string of the molecule is COc1cccc(-c2noc(-c3ccc(-c4cnn(C)c4)nc3)n2)c1OC. The highest BCUT2D eigenvalue weighted by Gasteiger charge is 2.17. The smallest absolute Gasteiger partial charge is 0.259 e. The van der Waals surface area contributed by atoms with E-state index in [-0.39, 0.29) is 0 Å². The third-order valence-corrected chi connectivity index (χ3v) is 4.08. The van der Waals surface area contributed by atoms with Gasteiger partial charge in [0.25, 0.3) is 5.89 Å². The fourth-order valence-corrected chi connectivity index (χ4v) is 2.76. The molecular weight excluding hydrogens is 346 g/mol. The van der Waals surface area contributed by atoms with Crippen LogP contribution in [0.1, 0.15) is 0 Å². The number of hydrogen-bond acceptors (Lipinski definition) is 7. The number of aryl methyl sites for hydroxylation is 1. The molecule has 27 heavy (non-hydrogen) atoms. The number of aromatic nitrogens is 5. The van der Waals surface area contributed by atoms with Gasteiger partial charge >= 0.3 is 0 Å². The molecular formula is C19H17N5O3. The molecule has 8 heteroatoms. The first kappa shape index (κ1) is 16.8. The van der Waals surface area contributed by atoms with Crippen molar-refractivity contribution < 1.29 is 14.0 Å². The predicted octanol–water partition coefficient (Wildman–Crippen LogP) is 3.22. The molecule has 0 saturated carbocycles. The minimum atomic E-state index is 0.375. The van der Waals surface area contributed by atoms with E-state index in [1.54, 1.807) is 31.3 Å². The Balaban J connectivity index is 1.65. The fourth-order valence-electron chi connectivity index (χ4n) is 2.76. The van der Waals surface area contributed by atoms with Crippen molar-refractivity contribution in [1.82, 2.24) is 24.9 Å². The molecule has 0 saturated heterocycles. The Kier molecular flexibility index (Phi) is 4.29. The van der Waals surface area contributed by atoms with E-state index >= 15 is 0 Å². The third-order valence-electron chi connectivity index (χ3n) is 4.08. The van der Waals surface area contributed by atoms with Crippen LogP contribution in [0.25, 0.3) is 34.1 Å². The summed E-state index contributed by atoms with van der Waals surface area (Å²) in [6.45, 7) is 0. The second-order valence-electron chi connectivity index (χ2n) is 5.80. The maximum absolute atomic E-state index is 5.44. The van der Waals surface area contributed by atoms with E-state index in [1.807, 2.05) is 43.6 Å². The Morgan fingerprint density at radius 2 is 1.89 bits per heavy atom. The van der Waals surface area contributed by atoms with Crippen molar-refractivity contribution in [2.24, 2.45) is 7.05 Å². The minimum Gasteiger partial charge on any atom is -0.493 e. The predicted molar refractivity (Wildman–Crippen MR) is 98.3 cm³/mol. The molecule has 3 aromatic heterocycles. The number of rotatable bonds is 5. The van der Waals surface area contributed by atoms with Gasteiger partial charge in [0.2, 0.25) is 5.82 Å². The molecule has 0 radical (unpaired) electrons. The van der Waals surface area contributed by atoms with Crippen molar-refractivity contribution >= 4 is 0 Å². The molecule has 0 aliphatic carbocycles. The highest BCUT2D eigenvalue weighted by molar-refractivity contribution is 5.70. The zero-order chi connectivity index (χ0) is 18.8. The number of pyridine rings is 1. The van der Waals surface area contributed by atoms with Gasteiger partial charge in [-0.3, -0.25) is 9.67 Å². The van der Waals surface area contributed by atoms with Crippen molar-refractivity contribution in [2.45, 2.75) is 0 Å². The first-order chi connectivity index (χ1) is 13.2. The lowest BCUT2D eigenvalue weighted by Crippen LogP contribution is -1.94. The van der Waals surface area contributed by atoms with Crippen LogP contribution in [0.5, 0.6) is 11.5 Å². The molecule has 136 valence electrons. The lowest BCUT2D eigenvalue weighted by molar-refractivity contribution is 0.355. The number of hydrogen-bond donors (Lipinski definition) is 0. The monoisotopic (exact) mass is 363 g/mol. The average Bonchev–Trinajstić information content (AvgIpc) is 3.37. The number of ether oxygens (including phenoxy) is 2. The molecule has 0 unspecified atom stereocenters. The molecule has 8 nitrogen and oxygen atoms in total. The molecule has 4 aromatic rings. The molecule has 3 heterocycles. The van der Waals surface area contributed by atoms with E-state index in [0.717, 1.165) is 16.8 Å². The van der Waals surface area contributed by atoms with Crippen LogP contribution in [0.4, 0.5) is 0 Å². The summed E-state index contributed by atoms with van der Waals surface area (Å²) in [5.74, 6) is 1.94. The van der Waals surface area contributed by atoms with Crippen LogP contribution < -0.4 is 9.47 Å². The Morgan fingerprint density at radius 1 is 1.00 bits per heavy atom. The summed E-state index contributed by atoms with van der Waals surface area (Å²) in [5, 5.41) is 8.22. The molecule has 0 aliphatic rings. The fraction of sp³-hybridized carbons (Fsp3) is 0.158. The summed E-state index contributed by atoms with van der Waals surface area (Å²) in [7, 11) is 5.02. The molecule has 1 aromatic carbocycles. The third kappa shape index (κ3) is 3.12. The average molecular weight is 363 g/mol. The van der Waals surface area contributed by atoms with E-state index in [1.165, 1.54) is 0 Å². The maximum atomic E-state index is 5.44. The van der Waals surface area contributed by atoms with Crippen LogP contribution in [0, 0.1) is 0 Å². The van der Waals surface area contributed by atoms with Gasteiger partial charge in [-0.05, 0) is 24.3 Å². The minimum absolute atomic E-state index is 0.375. The Labute approximate surface area is 155 Å².